The predicted octanol–water partition coefficient (Wildman–Crippen LogP) is 2.33. The van der Waals surface area contributed by atoms with Crippen LogP contribution >= 0.6 is 0 Å². The van der Waals surface area contributed by atoms with Crippen molar-refractivity contribution in [2.45, 2.75) is 19.8 Å². The van der Waals surface area contributed by atoms with Crippen molar-refractivity contribution in [3.63, 3.8) is 0 Å². The molecule has 0 fully saturated rings. The summed E-state index contributed by atoms with van der Waals surface area (Å²) in [6, 6.07) is 3.93. The van der Waals surface area contributed by atoms with Crippen molar-refractivity contribution >= 4 is 12.1 Å². The quantitative estimate of drug-likeness (QED) is 0.420. The van der Waals surface area contributed by atoms with Crippen LogP contribution in [0.3, 0.4) is 0 Å². The molecule has 0 radical (unpaired) electrons. The number of carbonyl (C=O) groups excluding carboxylic acids is 2. The fourth-order valence-corrected chi connectivity index (χ4v) is 1.31. The summed E-state index contributed by atoms with van der Waals surface area (Å²) < 4.78 is 12.8. The van der Waals surface area contributed by atoms with Gasteiger partial charge in [0.1, 0.15) is 5.82 Å². The van der Waals surface area contributed by atoms with Gasteiger partial charge in [-0.05, 0) is 23.6 Å². The van der Waals surface area contributed by atoms with Gasteiger partial charge in [-0.1, -0.05) is 19.9 Å². The molecule has 0 heterocycles. The number of hydrogen-bond donors (Lipinski definition) is 0. The Hall–Kier alpha value is -1.51. The maximum atomic E-state index is 12.8. The molecule has 2 nitrogen and oxygen atoms in total. The first-order valence-corrected chi connectivity index (χ1v) is 4.35. The average molecular weight is 194 g/mol. The molecular formula is C11H11FO2. The highest BCUT2D eigenvalue weighted by atomic mass is 19.1. The first kappa shape index (κ1) is 10.6. The molecule has 0 aliphatic rings. The van der Waals surface area contributed by atoms with Gasteiger partial charge in [0.05, 0.1) is 0 Å². The number of aldehydes is 1. The van der Waals surface area contributed by atoms with Crippen LogP contribution < -0.4 is 0 Å². The van der Waals surface area contributed by atoms with Gasteiger partial charge in [0, 0.05) is 5.56 Å². The van der Waals surface area contributed by atoms with Gasteiger partial charge in [0.15, 0.2) is 6.29 Å². The summed E-state index contributed by atoms with van der Waals surface area (Å²) in [5.74, 6) is -1.08. The minimum Gasteiger partial charge on any atom is -0.294 e. The number of ketones is 1. The molecule has 1 aromatic carbocycles. The Bertz CT molecular complexity index is 370. The third-order valence-electron chi connectivity index (χ3n) is 2.01. The van der Waals surface area contributed by atoms with E-state index >= 15 is 0 Å². The van der Waals surface area contributed by atoms with E-state index in [0.717, 1.165) is 6.07 Å². The average Bonchev–Trinajstić information content (AvgIpc) is 2.16. The van der Waals surface area contributed by atoms with Gasteiger partial charge in [-0.3, -0.25) is 9.59 Å². The van der Waals surface area contributed by atoms with Crippen molar-refractivity contribution in [2.24, 2.45) is 0 Å². The first-order valence-electron chi connectivity index (χ1n) is 4.35. The smallest absolute Gasteiger partial charge is 0.225 e. The fraction of sp³-hybridized carbons (Fsp3) is 0.273. The minimum absolute atomic E-state index is 0.0921. The summed E-state index contributed by atoms with van der Waals surface area (Å²) in [4.78, 5) is 21.5. The van der Waals surface area contributed by atoms with Crippen LogP contribution in [0.2, 0.25) is 0 Å². The lowest BCUT2D eigenvalue weighted by molar-refractivity contribution is -0.104. The van der Waals surface area contributed by atoms with E-state index in [1.54, 1.807) is 0 Å². The van der Waals surface area contributed by atoms with E-state index in [4.69, 9.17) is 0 Å². The molecule has 0 N–H and O–H groups in total. The molecular weight excluding hydrogens is 183 g/mol. The second-order valence-electron chi connectivity index (χ2n) is 3.37. The fourth-order valence-electron chi connectivity index (χ4n) is 1.31. The molecule has 0 aromatic heterocycles. The molecule has 0 amide bonds. The summed E-state index contributed by atoms with van der Waals surface area (Å²) in [5, 5.41) is 0. The number of carbonyl (C=O) groups is 2. The standard InChI is InChI=1S/C11H11FO2/c1-7(2)9-4-3-8(12)5-10(9)11(14)6-13/h3-7H,1-2H3. The summed E-state index contributed by atoms with van der Waals surface area (Å²) in [7, 11) is 0. The van der Waals surface area contributed by atoms with Gasteiger partial charge in [-0.2, -0.15) is 0 Å². The Labute approximate surface area is 81.7 Å². The van der Waals surface area contributed by atoms with Gasteiger partial charge in [0.25, 0.3) is 0 Å². The number of benzene rings is 1. The Morgan fingerprint density at radius 1 is 1.43 bits per heavy atom. The van der Waals surface area contributed by atoms with E-state index in [-0.39, 0.29) is 17.8 Å². The van der Waals surface area contributed by atoms with Crippen LogP contribution in [0.15, 0.2) is 18.2 Å². The Kier molecular flexibility index (Phi) is 3.12. The highest BCUT2D eigenvalue weighted by Crippen LogP contribution is 2.20. The Morgan fingerprint density at radius 2 is 2.07 bits per heavy atom. The lowest BCUT2D eigenvalue weighted by atomic mass is 9.95. The van der Waals surface area contributed by atoms with Crippen LogP contribution in [0.5, 0.6) is 0 Å². The molecule has 0 saturated heterocycles. The molecule has 1 aromatic rings. The molecule has 0 atom stereocenters. The van der Waals surface area contributed by atoms with Crippen molar-refractivity contribution in [3.05, 3.63) is 35.1 Å². The van der Waals surface area contributed by atoms with Crippen LogP contribution in [-0.4, -0.2) is 12.1 Å². The highest BCUT2D eigenvalue weighted by molar-refractivity contribution is 6.33. The summed E-state index contributed by atoms with van der Waals surface area (Å²) >= 11 is 0. The zero-order valence-electron chi connectivity index (χ0n) is 8.08. The van der Waals surface area contributed by atoms with Crippen LogP contribution in [0.1, 0.15) is 35.7 Å². The van der Waals surface area contributed by atoms with Crippen LogP contribution in [0, 0.1) is 5.82 Å². The maximum Gasteiger partial charge on any atom is 0.225 e. The van der Waals surface area contributed by atoms with E-state index in [1.807, 2.05) is 13.8 Å². The van der Waals surface area contributed by atoms with Crippen molar-refractivity contribution in [1.82, 2.24) is 0 Å². The second kappa shape index (κ2) is 4.13. The van der Waals surface area contributed by atoms with Crippen molar-refractivity contribution < 1.29 is 14.0 Å². The molecule has 0 bridgehead atoms. The second-order valence-corrected chi connectivity index (χ2v) is 3.37. The molecule has 14 heavy (non-hydrogen) atoms. The van der Waals surface area contributed by atoms with E-state index in [2.05, 4.69) is 0 Å². The number of Topliss-reactive ketones (excluding diaryl/α,β-unsaturated/α-hetero) is 1. The lowest BCUT2D eigenvalue weighted by Crippen LogP contribution is -2.06. The molecule has 0 spiro atoms. The summed E-state index contributed by atoms with van der Waals surface area (Å²) in [6.45, 7) is 3.77. The Balaban J connectivity index is 3.29. The third kappa shape index (κ3) is 2.05. The highest BCUT2D eigenvalue weighted by Gasteiger charge is 2.13. The SMILES string of the molecule is CC(C)c1ccc(F)cc1C(=O)C=O. The summed E-state index contributed by atoms with van der Waals surface area (Å²) in [5.41, 5.74) is 0.860. The van der Waals surface area contributed by atoms with E-state index in [9.17, 15) is 14.0 Å². The molecule has 0 saturated carbocycles. The van der Waals surface area contributed by atoms with Gasteiger partial charge < -0.3 is 0 Å². The van der Waals surface area contributed by atoms with E-state index in [0.29, 0.717) is 5.56 Å². The minimum atomic E-state index is -0.673. The normalized spacial score (nSPS) is 10.3. The van der Waals surface area contributed by atoms with Crippen LogP contribution in [0.4, 0.5) is 4.39 Å². The molecule has 0 unspecified atom stereocenters. The first-order chi connectivity index (χ1) is 6.56. The maximum absolute atomic E-state index is 12.8. The van der Waals surface area contributed by atoms with Gasteiger partial charge in [0.2, 0.25) is 5.78 Å². The summed E-state index contributed by atoms with van der Waals surface area (Å²) in [6.07, 6.45) is 0.209. The van der Waals surface area contributed by atoms with Gasteiger partial charge in [-0.15, -0.1) is 0 Å². The molecule has 0 aliphatic heterocycles. The topological polar surface area (TPSA) is 34.1 Å². The zero-order valence-corrected chi connectivity index (χ0v) is 8.08. The monoisotopic (exact) mass is 194 g/mol. The number of hydrogen-bond acceptors (Lipinski definition) is 2. The van der Waals surface area contributed by atoms with Gasteiger partial charge >= 0.3 is 0 Å². The van der Waals surface area contributed by atoms with Gasteiger partial charge in [-0.25, -0.2) is 4.39 Å². The Morgan fingerprint density at radius 3 is 2.57 bits per heavy atom. The number of rotatable bonds is 3. The zero-order chi connectivity index (χ0) is 10.7. The largest absolute Gasteiger partial charge is 0.294 e. The predicted molar refractivity (Wildman–Crippen MR) is 50.9 cm³/mol. The van der Waals surface area contributed by atoms with Crippen molar-refractivity contribution in [1.29, 1.82) is 0 Å². The van der Waals surface area contributed by atoms with Crippen molar-refractivity contribution in [2.75, 3.05) is 0 Å². The third-order valence-corrected chi connectivity index (χ3v) is 2.01. The van der Waals surface area contributed by atoms with Crippen LogP contribution in [-0.2, 0) is 4.79 Å². The van der Waals surface area contributed by atoms with Crippen LogP contribution in [0.25, 0.3) is 0 Å². The van der Waals surface area contributed by atoms with E-state index < -0.39 is 11.6 Å². The molecule has 3 heteroatoms. The molecule has 74 valence electrons. The number of halogens is 1. The molecule has 1 rings (SSSR count). The van der Waals surface area contributed by atoms with Crippen molar-refractivity contribution in [3.8, 4) is 0 Å². The van der Waals surface area contributed by atoms with E-state index in [1.165, 1.54) is 12.1 Å². The molecule has 0 aliphatic carbocycles. The lowest BCUT2D eigenvalue weighted by Gasteiger charge is -2.09.